The van der Waals surface area contributed by atoms with Gasteiger partial charge in [0.1, 0.15) is 5.78 Å². The maximum atomic E-state index is 10.4. The number of Topliss-reactive ketones (excluding diaryl/α,β-unsaturated/α-hetero) is 1. The van der Waals surface area contributed by atoms with Gasteiger partial charge in [-0.05, 0) is 19.8 Å². The molecule has 0 aromatic heterocycles. The minimum atomic E-state index is 0.227. The van der Waals surface area contributed by atoms with Crippen LogP contribution in [0.5, 0.6) is 0 Å². The van der Waals surface area contributed by atoms with E-state index < -0.39 is 0 Å². The van der Waals surface area contributed by atoms with Crippen molar-refractivity contribution in [3.8, 4) is 0 Å². The number of nitrogens with zero attached hydrogens (tertiary/aromatic N) is 2. The third-order valence-electron chi connectivity index (χ3n) is 1.12. The van der Waals surface area contributed by atoms with Crippen molar-refractivity contribution < 1.29 is 4.79 Å². The van der Waals surface area contributed by atoms with Crippen LogP contribution in [0.2, 0.25) is 0 Å². The fourth-order valence-corrected chi connectivity index (χ4v) is 0.614. The maximum absolute atomic E-state index is 10.4. The molecule has 0 atom stereocenters. The molecule has 0 heterocycles. The SMILES string of the molecule is CC(=O)CCCCN=NN. The first-order valence-corrected chi connectivity index (χ1v) is 3.33. The van der Waals surface area contributed by atoms with Gasteiger partial charge in [-0.15, -0.1) is 0 Å². The first-order chi connectivity index (χ1) is 4.77. The van der Waals surface area contributed by atoms with Gasteiger partial charge in [0.15, 0.2) is 0 Å². The summed E-state index contributed by atoms with van der Waals surface area (Å²) in [6, 6.07) is 0. The number of hydrogen-bond donors (Lipinski definition) is 1. The highest BCUT2D eigenvalue weighted by Gasteiger charge is 1.91. The Bertz CT molecular complexity index is 122. The molecule has 0 fully saturated rings. The highest BCUT2D eigenvalue weighted by molar-refractivity contribution is 5.75. The van der Waals surface area contributed by atoms with Crippen LogP contribution in [-0.2, 0) is 4.79 Å². The van der Waals surface area contributed by atoms with E-state index >= 15 is 0 Å². The van der Waals surface area contributed by atoms with E-state index in [1.165, 1.54) is 0 Å². The predicted octanol–water partition coefficient (Wildman–Crippen LogP) is 1.07. The van der Waals surface area contributed by atoms with Crippen molar-refractivity contribution in [1.82, 2.24) is 0 Å². The third kappa shape index (κ3) is 7.07. The zero-order chi connectivity index (χ0) is 7.82. The van der Waals surface area contributed by atoms with Gasteiger partial charge in [0.25, 0.3) is 0 Å². The summed E-state index contributed by atoms with van der Waals surface area (Å²) < 4.78 is 0. The zero-order valence-electron chi connectivity index (χ0n) is 6.21. The molecule has 10 heavy (non-hydrogen) atoms. The molecule has 0 bridgehead atoms. The van der Waals surface area contributed by atoms with Gasteiger partial charge in [-0.3, -0.25) is 0 Å². The summed E-state index contributed by atoms with van der Waals surface area (Å²) in [5, 5.41) is 6.65. The Hall–Kier alpha value is -0.930. The molecule has 0 saturated heterocycles. The van der Waals surface area contributed by atoms with Crippen LogP contribution in [0.1, 0.15) is 26.2 Å². The standard InChI is InChI=1S/C6H13N3O/c1-6(10)4-2-3-5-8-9-7/h2-5H2,1H3,(H2,7,8). The van der Waals surface area contributed by atoms with E-state index in [0.717, 1.165) is 12.8 Å². The molecule has 0 aliphatic heterocycles. The van der Waals surface area contributed by atoms with Crippen molar-refractivity contribution in [2.24, 2.45) is 16.2 Å². The maximum Gasteiger partial charge on any atom is 0.129 e. The molecule has 0 aromatic carbocycles. The smallest absolute Gasteiger partial charge is 0.129 e. The Kier molecular flexibility index (Phi) is 5.62. The number of carbonyl (C=O) groups excluding carboxylic acids is 1. The van der Waals surface area contributed by atoms with Gasteiger partial charge in [-0.25, -0.2) is 0 Å². The van der Waals surface area contributed by atoms with Gasteiger partial charge in [-0.2, -0.15) is 5.11 Å². The second-order valence-electron chi connectivity index (χ2n) is 2.14. The molecule has 0 spiro atoms. The molecule has 2 N–H and O–H groups in total. The van der Waals surface area contributed by atoms with Gasteiger partial charge >= 0.3 is 0 Å². The van der Waals surface area contributed by atoms with E-state index in [1.807, 2.05) is 0 Å². The molecule has 0 rings (SSSR count). The lowest BCUT2D eigenvalue weighted by molar-refractivity contribution is -0.117. The number of ketones is 1. The predicted molar refractivity (Wildman–Crippen MR) is 38.4 cm³/mol. The van der Waals surface area contributed by atoms with Crippen LogP contribution < -0.4 is 5.84 Å². The number of carbonyl (C=O) groups is 1. The lowest BCUT2D eigenvalue weighted by atomic mass is 10.2. The van der Waals surface area contributed by atoms with Crippen LogP contribution in [-0.4, -0.2) is 12.3 Å². The van der Waals surface area contributed by atoms with Crippen molar-refractivity contribution in [1.29, 1.82) is 0 Å². The van der Waals surface area contributed by atoms with E-state index in [-0.39, 0.29) is 5.78 Å². The first-order valence-electron chi connectivity index (χ1n) is 3.33. The highest BCUT2D eigenvalue weighted by Crippen LogP contribution is 1.95. The minimum absolute atomic E-state index is 0.227. The molecule has 4 heteroatoms. The Morgan fingerprint density at radius 2 is 2.20 bits per heavy atom. The molecule has 4 nitrogen and oxygen atoms in total. The van der Waals surface area contributed by atoms with Crippen LogP contribution in [0, 0.1) is 0 Å². The van der Waals surface area contributed by atoms with Crippen LogP contribution in [0.4, 0.5) is 0 Å². The molecule has 0 aromatic rings. The van der Waals surface area contributed by atoms with Crippen LogP contribution >= 0.6 is 0 Å². The van der Waals surface area contributed by atoms with Crippen molar-refractivity contribution in [3.05, 3.63) is 0 Å². The quantitative estimate of drug-likeness (QED) is 0.271. The molecule has 0 radical (unpaired) electrons. The Labute approximate surface area is 60.5 Å². The van der Waals surface area contributed by atoms with Gasteiger partial charge in [-0.1, -0.05) is 5.22 Å². The average molecular weight is 143 g/mol. The summed E-state index contributed by atoms with van der Waals surface area (Å²) >= 11 is 0. The van der Waals surface area contributed by atoms with Gasteiger partial charge in [0.2, 0.25) is 0 Å². The second kappa shape index (κ2) is 6.19. The minimum Gasteiger partial charge on any atom is -0.305 e. The number of unbranched alkanes of at least 4 members (excludes halogenated alkanes) is 1. The summed E-state index contributed by atoms with van der Waals surface area (Å²) in [6.45, 7) is 2.22. The van der Waals surface area contributed by atoms with Crippen LogP contribution in [0.15, 0.2) is 10.3 Å². The topological polar surface area (TPSA) is 67.8 Å². The van der Waals surface area contributed by atoms with Gasteiger partial charge in [0.05, 0.1) is 6.54 Å². The zero-order valence-corrected chi connectivity index (χ0v) is 6.21. The summed E-state index contributed by atoms with van der Waals surface area (Å²) in [4.78, 5) is 10.4. The average Bonchev–Trinajstić information content (AvgIpc) is 1.87. The number of nitrogens with two attached hydrogens (primary N) is 1. The molecule has 0 unspecified atom stereocenters. The van der Waals surface area contributed by atoms with Crippen molar-refractivity contribution in [2.45, 2.75) is 26.2 Å². The summed E-state index contributed by atoms with van der Waals surface area (Å²) in [5.74, 6) is 4.99. The fourth-order valence-electron chi connectivity index (χ4n) is 0.614. The van der Waals surface area contributed by atoms with Crippen LogP contribution in [0.25, 0.3) is 0 Å². The fraction of sp³-hybridized carbons (Fsp3) is 0.833. The molecule has 0 amide bonds. The van der Waals surface area contributed by atoms with E-state index in [9.17, 15) is 4.79 Å². The monoisotopic (exact) mass is 143 g/mol. The molecule has 0 saturated carbocycles. The summed E-state index contributed by atoms with van der Waals surface area (Å²) in [5.41, 5.74) is 0. The second-order valence-corrected chi connectivity index (χ2v) is 2.14. The molecular weight excluding hydrogens is 130 g/mol. The van der Waals surface area contributed by atoms with E-state index in [4.69, 9.17) is 5.84 Å². The first kappa shape index (κ1) is 9.07. The Morgan fingerprint density at radius 1 is 1.50 bits per heavy atom. The van der Waals surface area contributed by atoms with E-state index in [0.29, 0.717) is 13.0 Å². The van der Waals surface area contributed by atoms with E-state index in [1.54, 1.807) is 6.92 Å². The number of rotatable bonds is 5. The third-order valence-corrected chi connectivity index (χ3v) is 1.12. The normalized spacial score (nSPS) is 10.5. The Balaban J connectivity index is 2.98. The van der Waals surface area contributed by atoms with E-state index in [2.05, 4.69) is 10.3 Å². The van der Waals surface area contributed by atoms with Crippen molar-refractivity contribution in [2.75, 3.05) is 6.54 Å². The molecular formula is C6H13N3O. The van der Waals surface area contributed by atoms with Crippen LogP contribution in [0.3, 0.4) is 0 Å². The van der Waals surface area contributed by atoms with Gasteiger partial charge in [0, 0.05) is 6.42 Å². The summed E-state index contributed by atoms with van der Waals surface area (Å²) in [7, 11) is 0. The number of hydrogen-bond acceptors (Lipinski definition) is 3. The highest BCUT2D eigenvalue weighted by atomic mass is 16.1. The lowest BCUT2D eigenvalue weighted by Crippen LogP contribution is -1.90. The van der Waals surface area contributed by atoms with Crippen molar-refractivity contribution >= 4 is 5.78 Å². The van der Waals surface area contributed by atoms with Gasteiger partial charge < -0.3 is 10.6 Å². The molecule has 58 valence electrons. The molecule has 0 aliphatic carbocycles. The summed E-state index contributed by atoms with van der Waals surface area (Å²) in [6.07, 6.45) is 2.41. The van der Waals surface area contributed by atoms with Crippen molar-refractivity contribution in [3.63, 3.8) is 0 Å². The Morgan fingerprint density at radius 3 is 2.70 bits per heavy atom. The largest absolute Gasteiger partial charge is 0.305 e. The molecule has 0 aliphatic rings. The lowest BCUT2D eigenvalue weighted by Gasteiger charge is -1.91.